The van der Waals surface area contributed by atoms with Crippen LogP contribution in [0.5, 0.6) is 0 Å². The number of carboxylic acid groups (broad SMARTS) is 1. The minimum Gasteiger partial charge on any atom is -0.480 e. The molecule has 4 nitrogen and oxygen atoms in total. The lowest BCUT2D eigenvalue weighted by molar-refractivity contribution is -0.141. The van der Waals surface area contributed by atoms with Gasteiger partial charge in [-0.25, -0.2) is 4.79 Å². The topological polar surface area (TPSA) is 59.3 Å². The van der Waals surface area contributed by atoms with Crippen LogP contribution in [0.15, 0.2) is 16.9 Å². The fraction of sp³-hybridized carbons (Fsp3) is 0.500. The zero-order valence-corrected chi connectivity index (χ0v) is 9.43. The second kappa shape index (κ2) is 3.77. The molecule has 16 heavy (non-hydrogen) atoms. The van der Waals surface area contributed by atoms with Crippen molar-refractivity contribution < 1.29 is 9.90 Å². The van der Waals surface area contributed by atoms with Gasteiger partial charge in [-0.15, -0.1) is 0 Å². The van der Waals surface area contributed by atoms with Crippen LogP contribution >= 0.6 is 0 Å². The highest BCUT2D eigenvalue weighted by atomic mass is 16.4. The summed E-state index contributed by atoms with van der Waals surface area (Å²) in [6, 6.07) is 2.47. The highest BCUT2D eigenvalue weighted by Gasteiger charge is 2.38. The van der Waals surface area contributed by atoms with Gasteiger partial charge in [0.05, 0.1) is 0 Å². The molecule has 0 saturated heterocycles. The fourth-order valence-corrected chi connectivity index (χ4v) is 2.24. The molecule has 2 rings (SSSR count). The van der Waals surface area contributed by atoms with E-state index in [1.807, 2.05) is 0 Å². The average molecular weight is 221 g/mol. The van der Waals surface area contributed by atoms with Gasteiger partial charge >= 0.3 is 5.97 Å². The van der Waals surface area contributed by atoms with Gasteiger partial charge in [0.25, 0.3) is 0 Å². The summed E-state index contributed by atoms with van der Waals surface area (Å²) in [5, 5.41) is 9.26. The van der Waals surface area contributed by atoms with E-state index in [1.54, 1.807) is 18.4 Å². The van der Waals surface area contributed by atoms with Crippen LogP contribution in [0.3, 0.4) is 0 Å². The minimum absolute atomic E-state index is 0.0637. The Bertz CT molecular complexity index is 459. The van der Waals surface area contributed by atoms with Crippen LogP contribution in [0.25, 0.3) is 0 Å². The number of aromatic nitrogens is 1. The van der Waals surface area contributed by atoms with Crippen LogP contribution in [0.2, 0.25) is 0 Å². The van der Waals surface area contributed by atoms with Gasteiger partial charge < -0.3 is 9.67 Å². The van der Waals surface area contributed by atoms with E-state index >= 15 is 0 Å². The predicted molar refractivity (Wildman–Crippen MR) is 59.6 cm³/mol. The molecule has 0 spiro atoms. The summed E-state index contributed by atoms with van der Waals surface area (Å²) in [5.41, 5.74) is 1.39. The first kappa shape index (κ1) is 10.9. The Balaban J connectivity index is 2.52. The lowest BCUT2D eigenvalue weighted by Gasteiger charge is -2.21. The van der Waals surface area contributed by atoms with Crippen molar-refractivity contribution in [2.45, 2.75) is 32.7 Å². The van der Waals surface area contributed by atoms with E-state index in [2.05, 4.69) is 0 Å². The Morgan fingerprint density at radius 1 is 1.38 bits per heavy atom. The van der Waals surface area contributed by atoms with Crippen molar-refractivity contribution in [1.82, 2.24) is 4.57 Å². The highest BCUT2D eigenvalue weighted by molar-refractivity contribution is 5.73. The van der Waals surface area contributed by atoms with E-state index in [0.29, 0.717) is 0 Å². The summed E-state index contributed by atoms with van der Waals surface area (Å²) < 4.78 is 1.77. The first-order valence-electron chi connectivity index (χ1n) is 5.43. The molecule has 4 heteroatoms. The lowest BCUT2D eigenvalue weighted by atomic mass is 10.1. The van der Waals surface area contributed by atoms with Gasteiger partial charge in [-0.3, -0.25) is 4.79 Å². The maximum Gasteiger partial charge on any atom is 0.326 e. The largest absolute Gasteiger partial charge is 0.480 e. The molecule has 1 atom stereocenters. The zero-order chi connectivity index (χ0) is 11.9. The predicted octanol–water partition coefficient (Wildman–Crippen LogP) is 1.50. The number of carboxylic acids is 1. The summed E-state index contributed by atoms with van der Waals surface area (Å²) in [4.78, 5) is 22.6. The van der Waals surface area contributed by atoms with Crippen molar-refractivity contribution in [3.8, 4) is 0 Å². The molecule has 0 aliphatic heterocycles. The van der Waals surface area contributed by atoms with Crippen molar-refractivity contribution in [2.24, 2.45) is 5.92 Å². The molecule has 1 fully saturated rings. The Hall–Kier alpha value is -1.58. The lowest BCUT2D eigenvalue weighted by Crippen LogP contribution is -2.26. The van der Waals surface area contributed by atoms with Crippen LogP contribution in [0, 0.1) is 19.8 Å². The van der Waals surface area contributed by atoms with Gasteiger partial charge in [-0.05, 0) is 32.6 Å². The first-order valence-corrected chi connectivity index (χ1v) is 5.43. The quantitative estimate of drug-likeness (QED) is 0.841. The molecule has 0 bridgehead atoms. The van der Waals surface area contributed by atoms with Crippen LogP contribution in [-0.4, -0.2) is 15.6 Å². The van der Waals surface area contributed by atoms with Gasteiger partial charge in [-0.2, -0.15) is 0 Å². The van der Waals surface area contributed by atoms with Crippen LogP contribution in [0.4, 0.5) is 0 Å². The number of pyridine rings is 1. The third-order valence-corrected chi connectivity index (χ3v) is 3.06. The van der Waals surface area contributed by atoms with Crippen LogP contribution < -0.4 is 5.43 Å². The van der Waals surface area contributed by atoms with Crippen molar-refractivity contribution in [1.29, 1.82) is 0 Å². The zero-order valence-electron chi connectivity index (χ0n) is 9.43. The summed E-state index contributed by atoms with van der Waals surface area (Å²) in [6.07, 6.45) is 1.92. The third-order valence-electron chi connectivity index (χ3n) is 3.06. The molecule has 1 saturated carbocycles. The smallest absolute Gasteiger partial charge is 0.326 e. The monoisotopic (exact) mass is 221 g/mol. The number of nitrogens with zero attached hydrogens (tertiary/aromatic N) is 1. The number of aliphatic carboxylic acids is 1. The molecule has 0 aromatic carbocycles. The minimum atomic E-state index is -0.808. The standard InChI is InChI=1S/C12H15NO3/c1-7-5-10(14)6-8(2)13(7)11(12(15)16)9-3-4-9/h5-6,9,11H,3-4H2,1-2H3,(H,15,16). The molecule has 1 N–H and O–H groups in total. The number of hydrogen-bond donors (Lipinski definition) is 1. The normalized spacial score (nSPS) is 17.1. The Morgan fingerprint density at radius 2 is 1.88 bits per heavy atom. The van der Waals surface area contributed by atoms with Gasteiger partial charge in [0.1, 0.15) is 6.04 Å². The number of aryl methyl sites for hydroxylation is 2. The summed E-state index contributed by atoms with van der Waals surface area (Å²) in [6.45, 7) is 3.57. The molecular formula is C12H15NO3. The third kappa shape index (κ3) is 1.87. The molecule has 1 unspecified atom stereocenters. The van der Waals surface area contributed by atoms with E-state index in [1.165, 1.54) is 12.1 Å². The summed E-state index contributed by atoms with van der Waals surface area (Å²) >= 11 is 0. The maximum atomic E-state index is 11.3. The van der Waals surface area contributed by atoms with E-state index in [-0.39, 0.29) is 11.3 Å². The van der Waals surface area contributed by atoms with Crippen molar-refractivity contribution in [3.05, 3.63) is 33.7 Å². The maximum absolute atomic E-state index is 11.3. The van der Waals surface area contributed by atoms with Gasteiger partial charge in [0.2, 0.25) is 0 Å². The van der Waals surface area contributed by atoms with Gasteiger partial charge in [-0.1, -0.05) is 0 Å². The molecule has 1 heterocycles. The molecule has 0 radical (unpaired) electrons. The second-order valence-electron chi connectivity index (χ2n) is 4.46. The SMILES string of the molecule is Cc1cc(=O)cc(C)n1C(C(=O)O)C1CC1. The van der Waals surface area contributed by atoms with Crippen LogP contribution in [0.1, 0.15) is 30.3 Å². The summed E-state index contributed by atoms with van der Waals surface area (Å²) in [7, 11) is 0. The molecule has 1 aromatic heterocycles. The molecule has 0 amide bonds. The first-order chi connectivity index (χ1) is 7.50. The van der Waals surface area contributed by atoms with E-state index in [0.717, 1.165) is 24.2 Å². The Kier molecular flexibility index (Phi) is 2.58. The second-order valence-corrected chi connectivity index (χ2v) is 4.46. The van der Waals surface area contributed by atoms with Gasteiger partial charge in [0, 0.05) is 23.5 Å². The van der Waals surface area contributed by atoms with Gasteiger partial charge in [0.15, 0.2) is 5.43 Å². The molecule has 1 aliphatic rings. The molecule has 86 valence electrons. The van der Waals surface area contributed by atoms with E-state index in [9.17, 15) is 14.7 Å². The van der Waals surface area contributed by atoms with Crippen molar-refractivity contribution in [3.63, 3.8) is 0 Å². The fourth-order valence-electron chi connectivity index (χ4n) is 2.24. The Labute approximate surface area is 93.5 Å². The Morgan fingerprint density at radius 3 is 2.25 bits per heavy atom. The van der Waals surface area contributed by atoms with E-state index in [4.69, 9.17) is 0 Å². The average Bonchev–Trinajstić information content (AvgIpc) is 2.93. The number of rotatable bonds is 3. The van der Waals surface area contributed by atoms with Crippen molar-refractivity contribution in [2.75, 3.05) is 0 Å². The summed E-state index contributed by atoms with van der Waals surface area (Å²) in [5.74, 6) is -0.588. The molecule has 1 aromatic rings. The number of carbonyl (C=O) groups is 1. The van der Waals surface area contributed by atoms with Crippen molar-refractivity contribution >= 4 is 5.97 Å². The van der Waals surface area contributed by atoms with Crippen LogP contribution in [-0.2, 0) is 4.79 Å². The number of hydrogen-bond acceptors (Lipinski definition) is 2. The molecule has 1 aliphatic carbocycles. The highest BCUT2D eigenvalue weighted by Crippen LogP contribution is 2.40. The molecular weight excluding hydrogens is 206 g/mol. The van der Waals surface area contributed by atoms with E-state index < -0.39 is 12.0 Å².